The van der Waals surface area contributed by atoms with Crippen molar-refractivity contribution in [1.29, 1.82) is 0 Å². The van der Waals surface area contributed by atoms with Gasteiger partial charge in [-0.2, -0.15) is 0 Å². The first-order valence-corrected chi connectivity index (χ1v) is 8.39. The highest BCUT2D eigenvalue weighted by atomic mass is 32.1. The zero-order chi connectivity index (χ0) is 14.8. The van der Waals surface area contributed by atoms with Crippen molar-refractivity contribution in [2.24, 2.45) is 5.92 Å². The third-order valence-electron chi connectivity index (χ3n) is 4.49. The fraction of sp³-hybridized carbons (Fsp3) is 0.471. The zero-order valence-corrected chi connectivity index (χ0v) is 13.1. The van der Waals surface area contributed by atoms with Crippen LogP contribution in [0, 0.1) is 5.92 Å². The van der Waals surface area contributed by atoms with Crippen molar-refractivity contribution in [3.8, 4) is 0 Å². The summed E-state index contributed by atoms with van der Waals surface area (Å²) in [6.45, 7) is 4.38. The van der Waals surface area contributed by atoms with Crippen LogP contribution in [-0.4, -0.2) is 29.1 Å². The summed E-state index contributed by atoms with van der Waals surface area (Å²) >= 11 is 1.88. The Morgan fingerprint density at radius 1 is 1.48 bits per heavy atom. The predicted molar refractivity (Wildman–Crippen MR) is 86.8 cm³/mol. The molecule has 0 spiro atoms. The predicted octanol–water partition coefficient (Wildman–Crippen LogP) is 4.15. The van der Waals surface area contributed by atoms with E-state index in [1.807, 2.05) is 11.3 Å². The SMILES string of the molecule is CC(c1cc2ccccc2s1)N1CCC(CCC(=O)O)C1. The van der Waals surface area contributed by atoms with E-state index in [4.69, 9.17) is 5.11 Å². The monoisotopic (exact) mass is 303 g/mol. The van der Waals surface area contributed by atoms with E-state index in [1.54, 1.807) is 0 Å². The van der Waals surface area contributed by atoms with Crippen molar-refractivity contribution in [1.82, 2.24) is 4.90 Å². The lowest BCUT2D eigenvalue weighted by molar-refractivity contribution is -0.137. The van der Waals surface area contributed by atoms with Crippen LogP contribution in [0.4, 0.5) is 0 Å². The van der Waals surface area contributed by atoms with Crippen molar-refractivity contribution in [2.75, 3.05) is 13.1 Å². The van der Waals surface area contributed by atoms with Crippen molar-refractivity contribution in [2.45, 2.75) is 32.2 Å². The number of hydrogen-bond acceptors (Lipinski definition) is 3. The van der Waals surface area contributed by atoms with Gasteiger partial charge in [-0.05, 0) is 49.7 Å². The molecule has 2 heterocycles. The number of fused-ring (bicyclic) bond motifs is 1. The van der Waals surface area contributed by atoms with Crippen molar-refractivity contribution in [3.63, 3.8) is 0 Å². The standard InChI is InChI=1S/C17H21NO2S/c1-12(16-10-14-4-2-3-5-15(14)21-16)18-9-8-13(11-18)6-7-17(19)20/h2-5,10,12-13H,6-9,11H2,1H3,(H,19,20). The summed E-state index contributed by atoms with van der Waals surface area (Å²) in [4.78, 5) is 14.6. The van der Waals surface area contributed by atoms with Gasteiger partial charge < -0.3 is 5.11 Å². The van der Waals surface area contributed by atoms with E-state index >= 15 is 0 Å². The normalized spacial score (nSPS) is 20.9. The molecule has 1 N–H and O–H groups in total. The first kappa shape index (κ1) is 14.5. The average Bonchev–Trinajstić information content (AvgIpc) is 3.11. The van der Waals surface area contributed by atoms with Gasteiger partial charge >= 0.3 is 5.97 Å². The highest BCUT2D eigenvalue weighted by Crippen LogP contribution is 2.35. The van der Waals surface area contributed by atoms with Gasteiger partial charge in [-0.1, -0.05) is 18.2 Å². The lowest BCUT2D eigenvalue weighted by Gasteiger charge is -2.23. The lowest BCUT2D eigenvalue weighted by atomic mass is 10.0. The Bertz CT molecular complexity index is 604. The van der Waals surface area contributed by atoms with Gasteiger partial charge in [-0.3, -0.25) is 9.69 Å². The fourth-order valence-electron chi connectivity index (χ4n) is 3.17. The molecule has 0 bridgehead atoms. The lowest BCUT2D eigenvalue weighted by Crippen LogP contribution is -2.24. The first-order valence-electron chi connectivity index (χ1n) is 7.58. The average molecular weight is 303 g/mol. The smallest absolute Gasteiger partial charge is 0.303 e. The number of carbonyl (C=O) groups is 1. The highest BCUT2D eigenvalue weighted by molar-refractivity contribution is 7.19. The topological polar surface area (TPSA) is 40.5 Å². The van der Waals surface area contributed by atoms with Crippen LogP contribution in [0.2, 0.25) is 0 Å². The van der Waals surface area contributed by atoms with E-state index in [0.29, 0.717) is 18.4 Å². The fourth-order valence-corrected chi connectivity index (χ4v) is 4.32. The maximum absolute atomic E-state index is 10.7. The third-order valence-corrected chi connectivity index (χ3v) is 5.77. The van der Waals surface area contributed by atoms with Gasteiger partial charge in [0.15, 0.2) is 0 Å². The molecule has 4 heteroatoms. The van der Waals surface area contributed by atoms with E-state index in [1.165, 1.54) is 15.0 Å². The third kappa shape index (κ3) is 3.27. The molecule has 2 atom stereocenters. The summed E-state index contributed by atoms with van der Waals surface area (Å²) in [6, 6.07) is 11.2. The summed E-state index contributed by atoms with van der Waals surface area (Å²) in [7, 11) is 0. The molecule has 3 nitrogen and oxygen atoms in total. The number of hydrogen-bond donors (Lipinski definition) is 1. The quantitative estimate of drug-likeness (QED) is 0.902. The van der Waals surface area contributed by atoms with Crippen molar-refractivity contribution in [3.05, 3.63) is 35.2 Å². The van der Waals surface area contributed by atoms with Crippen LogP contribution < -0.4 is 0 Å². The number of carboxylic acid groups (broad SMARTS) is 1. The number of benzene rings is 1. The second-order valence-electron chi connectivity index (χ2n) is 5.94. The molecule has 2 aromatic rings. The maximum Gasteiger partial charge on any atom is 0.303 e. The molecule has 1 fully saturated rings. The Morgan fingerprint density at radius 2 is 2.29 bits per heavy atom. The summed E-state index contributed by atoms with van der Waals surface area (Å²) in [5.41, 5.74) is 0. The van der Waals surface area contributed by atoms with Crippen molar-refractivity contribution >= 4 is 27.4 Å². The number of nitrogens with zero attached hydrogens (tertiary/aromatic N) is 1. The van der Waals surface area contributed by atoms with Crippen LogP contribution in [0.3, 0.4) is 0 Å². The van der Waals surface area contributed by atoms with Gasteiger partial charge in [0.2, 0.25) is 0 Å². The summed E-state index contributed by atoms with van der Waals surface area (Å²) < 4.78 is 1.35. The van der Waals surface area contributed by atoms with Crippen LogP contribution in [0.15, 0.2) is 30.3 Å². The Balaban J connectivity index is 1.65. The second kappa shape index (κ2) is 6.16. The van der Waals surface area contributed by atoms with E-state index in [-0.39, 0.29) is 0 Å². The minimum atomic E-state index is -0.675. The largest absolute Gasteiger partial charge is 0.481 e. The molecule has 0 saturated carbocycles. The second-order valence-corrected chi connectivity index (χ2v) is 7.06. The molecule has 1 saturated heterocycles. The summed E-state index contributed by atoms with van der Waals surface area (Å²) in [5.74, 6) is -0.135. The Labute approximate surface area is 129 Å². The number of likely N-dealkylation sites (tertiary alicyclic amines) is 1. The molecule has 0 amide bonds. The molecule has 21 heavy (non-hydrogen) atoms. The number of thiophene rings is 1. The molecular formula is C17H21NO2S. The van der Waals surface area contributed by atoms with E-state index in [9.17, 15) is 4.79 Å². The van der Waals surface area contributed by atoms with E-state index in [0.717, 1.165) is 25.9 Å². The van der Waals surface area contributed by atoms with Gasteiger partial charge in [-0.25, -0.2) is 0 Å². The van der Waals surface area contributed by atoms with Crippen molar-refractivity contribution < 1.29 is 9.90 Å². The zero-order valence-electron chi connectivity index (χ0n) is 12.3. The molecule has 0 aliphatic carbocycles. The van der Waals surface area contributed by atoms with Gasteiger partial charge in [0, 0.05) is 28.6 Å². The van der Waals surface area contributed by atoms with Gasteiger partial charge in [0.1, 0.15) is 0 Å². The Kier molecular flexibility index (Phi) is 4.27. The summed E-state index contributed by atoms with van der Waals surface area (Å²) in [5, 5.41) is 10.1. The van der Waals surface area contributed by atoms with Crippen LogP contribution in [0.5, 0.6) is 0 Å². The van der Waals surface area contributed by atoms with Gasteiger partial charge in [0.25, 0.3) is 0 Å². The Hall–Kier alpha value is -1.39. The van der Waals surface area contributed by atoms with Crippen LogP contribution >= 0.6 is 11.3 Å². The number of rotatable bonds is 5. The van der Waals surface area contributed by atoms with Gasteiger partial charge in [0.05, 0.1) is 0 Å². The molecule has 3 rings (SSSR count). The summed E-state index contributed by atoms with van der Waals surface area (Å²) in [6.07, 6.45) is 2.24. The maximum atomic E-state index is 10.7. The molecule has 1 aliphatic rings. The van der Waals surface area contributed by atoms with Crippen LogP contribution in [0.1, 0.15) is 37.1 Å². The molecule has 1 aromatic heterocycles. The Morgan fingerprint density at radius 3 is 3.05 bits per heavy atom. The molecule has 0 radical (unpaired) electrons. The molecular weight excluding hydrogens is 282 g/mol. The van der Waals surface area contributed by atoms with E-state index < -0.39 is 5.97 Å². The molecule has 1 aliphatic heterocycles. The number of carboxylic acids is 1. The molecule has 2 unspecified atom stereocenters. The molecule has 112 valence electrons. The first-order chi connectivity index (χ1) is 10.1. The van der Waals surface area contributed by atoms with Crippen LogP contribution in [-0.2, 0) is 4.79 Å². The van der Waals surface area contributed by atoms with Crippen LogP contribution in [0.25, 0.3) is 10.1 Å². The number of aliphatic carboxylic acids is 1. The van der Waals surface area contributed by atoms with E-state index in [2.05, 4.69) is 42.2 Å². The van der Waals surface area contributed by atoms with Gasteiger partial charge in [-0.15, -0.1) is 11.3 Å². The minimum absolute atomic E-state index is 0.301. The molecule has 1 aromatic carbocycles. The highest BCUT2D eigenvalue weighted by Gasteiger charge is 2.27. The minimum Gasteiger partial charge on any atom is -0.481 e.